The van der Waals surface area contributed by atoms with Gasteiger partial charge in [-0.05, 0) is 42.3 Å². The van der Waals surface area contributed by atoms with Crippen molar-refractivity contribution in [2.24, 2.45) is 0 Å². The first-order chi connectivity index (χ1) is 9.54. The van der Waals surface area contributed by atoms with Crippen LogP contribution in [-0.2, 0) is 0 Å². The highest BCUT2D eigenvalue weighted by Crippen LogP contribution is 2.41. The number of halogens is 2. The van der Waals surface area contributed by atoms with Gasteiger partial charge in [0.05, 0.1) is 6.10 Å². The highest BCUT2D eigenvalue weighted by Gasteiger charge is 2.29. The molecular formula is C16H14F2O2. The van der Waals surface area contributed by atoms with Gasteiger partial charge in [-0.2, -0.15) is 0 Å². The number of hydrogen-bond donors (Lipinski definition) is 1. The highest BCUT2D eigenvalue weighted by atomic mass is 19.1. The Morgan fingerprint density at radius 2 is 1.70 bits per heavy atom. The number of ether oxygens (including phenoxy) is 1. The van der Waals surface area contributed by atoms with Crippen LogP contribution in [0.3, 0.4) is 0 Å². The van der Waals surface area contributed by atoms with E-state index in [4.69, 9.17) is 4.74 Å². The fourth-order valence-electron chi connectivity index (χ4n) is 2.61. The van der Waals surface area contributed by atoms with Crippen LogP contribution in [0, 0.1) is 18.6 Å². The normalized spacial score (nSPS) is 21.2. The Balaban J connectivity index is 1.98. The van der Waals surface area contributed by atoms with Crippen molar-refractivity contribution in [1.29, 1.82) is 0 Å². The van der Waals surface area contributed by atoms with E-state index in [-0.39, 0.29) is 5.82 Å². The van der Waals surface area contributed by atoms with Gasteiger partial charge in [-0.15, -0.1) is 0 Å². The fraction of sp³-hybridized carbons (Fsp3) is 0.250. The van der Waals surface area contributed by atoms with E-state index in [1.165, 1.54) is 30.3 Å². The molecule has 0 radical (unpaired) electrons. The summed E-state index contributed by atoms with van der Waals surface area (Å²) in [6.45, 7) is 1.79. The predicted octanol–water partition coefficient (Wildman–Crippen LogP) is 3.83. The SMILES string of the molecule is Cc1cc(F)ccc1C1C[C@@H](O)c2ccc(F)cc2O1. The number of rotatable bonds is 1. The number of aryl methyl sites for hydroxylation is 1. The molecule has 0 saturated heterocycles. The van der Waals surface area contributed by atoms with Crippen molar-refractivity contribution in [3.8, 4) is 5.75 Å². The summed E-state index contributed by atoms with van der Waals surface area (Å²) in [6.07, 6.45) is -0.751. The molecule has 1 heterocycles. The third-order valence-electron chi connectivity index (χ3n) is 3.62. The first-order valence-electron chi connectivity index (χ1n) is 6.45. The van der Waals surface area contributed by atoms with Crippen LogP contribution in [0.15, 0.2) is 36.4 Å². The van der Waals surface area contributed by atoms with Crippen molar-refractivity contribution >= 4 is 0 Å². The molecule has 0 bridgehead atoms. The molecule has 104 valence electrons. The van der Waals surface area contributed by atoms with Gasteiger partial charge in [0.1, 0.15) is 23.5 Å². The lowest BCUT2D eigenvalue weighted by molar-refractivity contribution is 0.0650. The molecule has 2 nitrogen and oxygen atoms in total. The standard InChI is InChI=1S/C16H14F2O2/c1-9-6-10(17)2-4-12(9)16-8-14(19)13-5-3-11(18)7-15(13)20-16/h2-7,14,16,19H,8H2,1H3/t14-,16?/m1/s1. The zero-order chi connectivity index (χ0) is 14.3. The minimum absolute atomic E-state index is 0.311. The van der Waals surface area contributed by atoms with Crippen LogP contribution in [0.5, 0.6) is 5.75 Å². The summed E-state index contributed by atoms with van der Waals surface area (Å²) in [4.78, 5) is 0. The minimum atomic E-state index is -0.714. The first-order valence-corrected chi connectivity index (χ1v) is 6.45. The summed E-state index contributed by atoms with van der Waals surface area (Å²) in [7, 11) is 0. The van der Waals surface area contributed by atoms with Crippen LogP contribution < -0.4 is 4.74 Å². The van der Waals surface area contributed by atoms with Crippen molar-refractivity contribution in [3.05, 3.63) is 64.7 Å². The molecule has 20 heavy (non-hydrogen) atoms. The Morgan fingerprint density at radius 3 is 2.40 bits per heavy atom. The summed E-state index contributed by atoms with van der Waals surface area (Å²) < 4.78 is 32.2. The van der Waals surface area contributed by atoms with E-state index in [0.29, 0.717) is 17.7 Å². The first kappa shape index (κ1) is 13.1. The number of hydrogen-bond acceptors (Lipinski definition) is 2. The van der Waals surface area contributed by atoms with E-state index in [1.807, 2.05) is 0 Å². The molecule has 0 spiro atoms. The molecule has 0 saturated carbocycles. The van der Waals surface area contributed by atoms with E-state index in [2.05, 4.69) is 0 Å². The molecule has 0 amide bonds. The Bertz CT molecular complexity index is 655. The van der Waals surface area contributed by atoms with Gasteiger partial charge in [0.25, 0.3) is 0 Å². The summed E-state index contributed by atoms with van der Waals surface area (Å²) in [5.41, 5.74) is 2.14. The average Bonchev–Trinajstić information content (AvgIpc) is 2.37. The predicted molar refractivity (Wildman–Crippen MR) is 70.5 cm³/mol. The van der Waals surface area contributed by atoms with Crippen molar-refractivity contribution < 1.29 is 18.6 Å². The third kappa shape index (κ3) is 2.27. The van der Waals surface area contributed by atoms with Gasteiger partial charge in [0.15, 0.2) is 0 Å². The van der Waals surface area contributed by atoms with E-state index in [1.54, 1.807) is 13.0 Å². The number of benzene rings is 2. The number of aliphatic hydroxyl groups is 1. The van der Waals surface area contributed by atoms with Crippen molar-refractivity contribution in [2.45, 2.75) is 25.6 Å². The number of aliphatic hydroxyl groups excluding tert-OH is 1. The van der Waals surface area contributed by atoms with E-state index in [9.17, 15) is 13.9 Å². The molecule has 2 atom stereocenters. The molecule has 1 aliphatic heterocycles. The molecule has 2 aromatic rings. The van der Waals surface area contributed by atoms with Gasteiger partial charge >= 0.3 is 0 Å². The maximum absolute atomic E-state index is 13.3. The Hall–Kier alpha value is -1.94. The third-order valence-corrected chi connectivity index (χ3v) is 3.62. The molecule has 0 fully saturated rings. The van der Waals surface area contributed by atoms with Crippen LogP contribution >= 0.6 is 0 Å². The molecule has 2 aromatic carbocycles. The largest absolute Gasteiger partial charge is 0.485 e. The molecule has 0 aliphatic carbocycles. The Morgan fingerprint density at radius 1 is 1.05 bits per heavy atom. The molecule has 1 aliphatic rings. The van der Waals surface area contributed by atoms with Crippen molar-refractivity contribution in [2.75, 3.05) is 0 Å². The lowest BCUT2D eigenvalue weighted by Crippen LogP contribution is -2.20. The molecule has 1 unspecified atom stereocenters. The van der Waals surface area contributed by atoms with Crippen LogP contribution in [0.4, 0.5) is 8.78 Å². The van der Waals surface area contributed by atoms with Gasteiger partial charge in [0, 0.05) is 18.1 Å². The molecule has 4 heteroatoms. The monoisotopic (exact) mass is 276 g/mol. The molecule has 0 aromatic heterocycles. The average molecular weight is 276 g/mol. The van der Waals surface area contributed by atoms with Gasteiger partial charge in [-0.1, -0.05) is 6.07 Å². The second-order valence-electron chi connectivity index (χ2n) is 5.04. The minimum Gasteiger partial charge on any atom is -0.485 e. The molecule has 1 N–H and O–H groups in total. The van der Waals surface area contributed by atoms with Crippen LogP contribution in [0.25, 0.3) is 0 Å². The second-order valence-corrected chi connectivity index (χ2v) is 5.04. The quantitative estimate of drug-likeness (QED) is 0.857. The molecular weight excluding hydrogens is 262 g/mol. The van der Waals surface area contributed by atoms with Crippen LogP contribution in [0.2, 0.25) is 0 Å². The zero-order valence-corrected chi connectivity index (χ0v) is 10.9. The van der Waals surface area contributed by atoms with Gasteiger partial charge in [0.2, 0.25) is 0 Å². The number of fused-ring (bicyclic) bond motifs is 1. The lowest BCUT2D eigenvalue weighted by Gasteiger charge is -2.30. The van der Waals surface area contributed by atoms with E-state index in [0.717, 1.165) is 11.1 Å². The van der Waals surface area contributed by atoms with Crippen molar-refractivity contribution in [3.63, 3.8) is 0 Å². The topological polar surface area (TPSA) is 29.5 Å². The fourth-order valence-corrected chi connectivity index (χ4v) is 2.61. The second kappa shape index (κ2) is 4.87. The van der Waals surface area contributed by atoms with Gasteiger partial charge in [-0.3, -0.25) is 0 Å². The Labute approximate surface area is 115 Å². The maximum Gasteiger partial charge on any atom is 0.128 e. The van der Waals surface area contributed by atoms with Crippen LogP contribution in [0.1, 0.15) is 35.3 Å². The zero-order valence-electron chi connectivity index (χ0n) is 10.9. The van der Waals surface area contributed by atoms with E-state index >= 15 is 0 Å². The maximum atomic E-state index is 13.3. The van der Waals surface area contributed by atoms with Crippen LogP contribution in [-0.4, -0.2) is 5.11 Å². The van der Waals surface area contributed by atoms with Gasteiger partial charge in [-0.25, -0.2) is 8.78 Å². The highest BCUT2D eigenvalue weighted by molar-refractivity contribution is 5.40. The summed E-state index contributed by atoms with van der Waals surface area (Å²) in [5.74, 6) is -0.376. The molecule has 3 rings (SSSR count). The summed E-state index contributed by atoms with van der Waals surface area (Å²) in [6, 6.07) is 8.53. The smallest absolute Gasteiger partial charge is 0.128 e. The van der Waals surface area contributed by atoms with E-state index < -0.39 is 18.0 Å². The van der Waals surface area contributed by atoms with Gasteiger partial charge < -0.3 is 9.84 Å². The summed E-state index contributed by atoms with van der Waals surface area (Å²) in [5, 5.41) is 10.2. The Kier molecular flexibility index (Phi) is 3.18. The van der Waals surface area contributed by atoms with Crippen molar-refractivity contribution in [1.82, 2.24) is 0 Å². The lowest BCUT2D eigenvalue weighted by atomic mass is 9.93. The summed E-state index contributed by atoms with van der Waals surface area (Å²) >= 11 is 0.